The quantitative estimate of drug-likeness (QED) is 0.479. The number of carbonyl (C=O) groups is 1. The third-order valence-corrected chi connectivity index (χ3v) is 7.45. The molecule has 2 aromatic rings. The maximum Gasteiger partial charge on any atom is 0.234 e. The van der Waals surface area contributed by atoms with Gasteiger partial charge in [-0.05, 0) is 41.8 Å². The monoisotopic (exact) mass is 498 g/mol. The van der Waals surface area contributed by atoms with E-state index in [1.165, 1.54) is 5.56 Å². The van der Waals surface area contributed by atoms with Crippen molar-refractivity contribution in [1.82, 2.24) is 30.3 Å². The van der Waals surface area contributed by atoms with E-state index in [1.54, 1.807) is 0 Å². The fraction of sp³-hybridized carbons (Fsp3) is 0.393. The second-order valence-corrected chi connectivity index (χ2v) is 10.1. The Hall–Kier alpha value is -3.53. The lowest BCUT2D eigenvalue weighted by molar-refractivity contribution is -0.122. The molecule has 2 unspecified atom stereocenters. The Kier molecular flexibility index (Phi) is 6.98. The first kappa shape index (κ1) is 23.8. The summed E-state index contributed by atoms with van der Waals surface area (Å²) < 4.78 is 0. The van der Waals surface area contributed by atoms with Crippen LogP contribution in [0, 0.1) is 0 Å². The van der Waals surface area contributed by atoms with Gasteiger partial charge in [0.25, 0.3) is 0 Å². The summed E-state index contributed by atoms with van der Waals surface area (Å²) in [6, 6.07) is 12.8. The van der Waals surface area contributed by atoms with Gasteiger partial charge in [-0.2, -0.15) is 0 Å². The van der Waals surface area contributed by atoms with E-state index < -0.39 is 0 Å². The SMILES string of the molecule is O=C1CN2CCN(CC2)Cc2cccc(c2)Nc2cc(ccn2)C2=CNC(N=C2)N2CC=CC2CCN1. The Morgan fingerprint density at radius 1 is 1.00 bits per heavy atom. The molecule has 0 aliphatic carbocycles. The van der Waals surface area contributed by atoms with Crippen molar-refractivity contribution in [1.29, 1.82) is 0 Å². The molecule has 0 radical (unpaired) electrons. The molecule has 7 aliphatic rings. The minimum atomic E-state index is -0.125. The zero-order chi connectivity index (χ0) is 25.0. The molecule has 7 aliphatic heterocycles. The summed E-state index contributed by atoms with van der Waals surface area (Å²) in [7, 11) is 0. The number of carbonyl (C=O) groups excluding carboxylic acids is 1. The smallest absolute Gasteiger partial charge is 0.234 e. The third-order valence-electron chi connectivity index (χ3n) is 7.45. The lowest BCUT2D eigenvalue weighted by Crippen LogP contribution is -2.49. The standard InChI is InChI=1S/C28H34N8O/c37-27-20-35-13-11-34(12-14-35)19-21-3-1-4-24(15-21)33-26-16-22(6-8-29-26)23-17-31-28(32-18-23)36-10-2-5-25(36)7-9-30-27/h1-6,8,15-18,25,28,31H,7,9-14,19-20H2,(H,29,33)(H,30,37). The van der Waals surface area contributed by atoms with Crippen molar-refractivity contribution in [2.24, 2.45) is 4.99 Å². The lowest BCUT2D eigenvalue weighted by Gasteiger charge is -2.34. The number of hydrogen-bond donors (Lipinski definition) is 3. The number of rotatable bonds is 0. The largest absolute Gasteiger partial charge is 0.357 e. The molecule has 8 heterocycles. The van der Waals surface area contributed by atoms with Gasteiger partial charge in [-0.25, -0.2) is 4.98 Å². The van der Waals surface area contributed by atoms with E-state index in [0.29, 0.717) is 13.1 Å². The van der Waals surface area contributed by atoms with Crippen molar-refractivity contribution >= 4 is 29.2 Å². The van der Waals surface area contributed by atoms with Gasteiger partial charge in [0.2, 0.25) is 5.91 Å². The molecule has 9 heteroatoms. The van der Waals surface area contributed by atoms with Gasteiger partial charge in [-0.15, -0.1) is 0 Å². The van der Waals surface area contributed by atoms with E-state index in [0.717, 1.165) is 68.3 Å². The molecule has 1 aromatic carbocycles. The molecule has 1 amide bonds. The van der Waals surface area contributed by atoms with Crippen LogP contribution in [0.15, 0.2) is 65.9 Å². The molecule has 0 spiro atoms. The van der Waals surface area contributed by atoms with Gasteiger partial charge in [-0.3, -0.25) is 24.5 Å². The predicted octanol–water partition coefficient (Wildman–Crippen LogP) is 2.00. The Morgan fingerprint density at radius 3 is 2.70 bits per heavy atom. The van der Waals surface area contributed by atoms with E-state index in [9.17, 15) is 4.79 Å². The number of anilines is 2. The van der Waals surface area contributed by atoms with E-state index in [4.69, 9.17) is 4.99 Å². The second kappa shape index (κ2) is 10.8. The number of amides is 1. The van der Waals surface area contributed by atoms with Crippen LogP contribution < -0.4 is 16.0 Å². The van der Waals surface area contributed by atoms with Crippen molar-refractivity contribution < 1.29 is 4.79 Å². The number of allylic oxidation sites excluding steroid dienone is 1. The number of piperazine rings is 1. The highest BCUT2D eigenvalue weighted by Crippen LogP contribution is 2.23. The Labute approximate surface area is 217 Å². The van der Waals surface area contributed by atoms with Crippen LogP contribution in [0.25, 0.3) is 5.57 Å². The molecule has 192 valence electrons. The van der Waals surface area contributed by atoms with Crippen LogP contribution in [-0.4, -0.2) is 90.0 Å². The first-order valence-electron chi connectivity index (χ1n) is 13.2. The molecule has 3 N–H and O–H groups in total. The molecule has 2 atom stereocenters. The predicted molar refractivity (Wildman–Crippen MR) is 146 cm³/mol. The zero-order valence-corrected chi connectivity index (χ0v) is 21.0. The van der Waals surface area contributed by atoms with Crippen LogP contribution in [0.3, 0.4) is 0 Å². The first-order chi connectivity index (χ1) is 18.2. The van der Waals surface area contributed by atoms with Crippen LogP contribution in [0.1, 0.15) is 17.5 Å². The van der Waals surface area contributed by atoms with Crippen LogP contribution in [0.5, 0.6) is 0 Å². The van der Waals surface area contributed by atoms with Gasteiger partial charge < -0.3 is 16.0 Å². The molecule has 1 saturated heterocycles. The first-order valence-corrected chi connectivity index (χ1v) is 13.2. The average Bonchev–Trinajstić information content (AvgIpc) is 3.38. The van der Waals surface area contributed by atoms with Crippen LogP contribution >= 0.6 is 0 Å². The van der Waals surface area contributed by atoms with Crippen LogP contribution in [0.4, 0.5) is 11.5 Å². The summed E-state index contributed by atoms with van der Waals surface area (Å²) in [4.78, 5) is 29.0. The van der Waals surface area contributed by atoms with Crippen molar-refractivity contribution in [3.8, 4) is 0 Å². The maximum atomic E-state index is 12.6. The van der Waals surface area contributed by atoms with Crippen molar-refractivity contribution in [3.05, 3.63) is 72.1 Å². The minimum Gasteiger partial charge on any atom is -0.357 e. The Balaban J connectivity index is 1.23. The molecule has 0 saturated carbocycles. The molecule has 1 aromatic heterocycles. The summed E-state index contributed by atoms with van der Waals surface area (Å²) in [5.41, 5.74) is 4.35. The van der Waals surface area contributed by atoms with Gasteiger partial charge in [0.15, 0.2) is 6.29 Å². The van der Waals surface area contributed by atoms with E-state index in [1.807, 2.05) is 24.7 Å². The second-order valence-electron chi connectivity index (χ2n) is 10.1. The van der Waals surface area contributed by atoms with Crippen LogP contribution in [-0.2, 0) is 11.3 Å². The number of pyridine rings is 1. The number of aromatic nitrogens is 1. The third kappa shape index (κ3) is 5.74. The minimum absolute atomic E-state index is 0.107. The van der Waals surface area contributed by atoms with Gasteiger partial charge in [0.1, 0.15) is 5.82 Å². The lowest BCUT2D eigenvalue weighted by atomic mass is 10.1. The van der Waals surface area contributed by atoms with Crippen molar-refractivity contribution in [2.75, 3.05) is 51.1 Å². The topological polar surface area (TPSA) is 88.1 Å². The van der Waals surface area contributed by atoms with E-state index in [2.05, 4.69) is 78.1 Å². The Bertz CT molecular complexity index is 1220. The molecular weight excluding hydrogens is 464 g/mol. The molecule has 1 fully saturated rings. The number of hydrogen-bond acceptors (Lipinski definition) is 8. The maximum absolute atomic E-state index is 12.6. The van der Waals surface area contributed by atoms with Gasteiger partial charge in [0.05, 0.1) is 6.54 Å². The fourth-order valence-corrected chi connectivity index (χ4v) is 5.42. The number of benzene rings is 1. The molecule has 37 heavy (non-hydrogen) atoms. The fourth-order valence-electron chi connectivity index (χ4n) is 5.42. The summed E-state index contributed by atoms with van der Waals surface area (Å²) in [5, 5.41) is 10.1. The highest BCUT2D eigenvalue weighted by atomic mass is 16.2. The summed E-state index contributed by atoms with van der Waals surface area (Å²) in [6.07, 6.45) is 10.9. The highest BCUT2D eigenvalue weighted by molar-refractivity contribution is 6.10. The highest BCUT2D eigenvalue weighted by Gasteiger charge is 2.27. The van der Waals surface area contributed by atoms with Gasteiger partial charge >= 0.3 is 0 Å². The Morgan fingerprint density at radius 2 is 1.86 bits per heavy atom. The summed E-state index contributed by atoms with van der Waals surface area (Å²) >= 11 is 0. The number of nitrogens with one attached hydrogen (secondary N) is 3. The molecule has 8 bridgehead atoms. The number of nitrogens with zero attached hydrogens (tertiary/aromatic N) is 5. The normalized spacial score (nSPS) is 28.1. The molecule has 9 rings (SSSR count). The molecular formula is C28H34N8O. The van der Waals surface area contributed by atoms with E-state index >= 15 is 0 Å². The average molecular weight is 499 g/mol. The zero-order valence-electron chi connectivity index (χ0n) is 21.0. The van der Waals surface area contributed by atoms with Gasteiger partial charge in [0, 0.05) is 81.7 Å². The van der Waals surface area contributed by atoms with Crippen LogP contribution in [0.2, 0.25) is 0 Å². The molecule has 9 nitrogen and oxygen atoms in total. The number of aliphatic imine (C=N–C) groups is 1. The van der Waals surface area contributed by atoms with E-state index in [-0.39, 0.29) is 18.2 Å². The summed E-state index contributed by atoms with van der Waals surface area (Å²) in [5.74, 6) is 0.912. The van der Waals surface area contributed by atoms with Crippen molar-refractivity contribution in [3.63, 3.8) is 0 Å². The van der Waals surface area contributed by atoms with Crippen molar-refractivity contribution in [2.45, 2.75) is 25.3 Å². The summed E-state index contributed by atoms with van der Waals surface area (Å²) in [6.45, 7) is 6.58. The van der Waals surface area contributed by atoms with Gasteiger partial charge in [-0.1, -0.05) is 24.3 Å².